The minimum Gasteiger partial charge on any atom is -0.497 e. The summed E-state index contributed by atoms with van der Waals surface area (Å²) < 4.78 is 5.20. The van der Waals surface area contributed by atoms with Gasteiger partial charge in [0, 0.05) is 28.7 Å². The molecule has 124 valence electrons. The standard InChI is InChI=1S/C19H19ClN2O2/c1-24-16-4-2-3-13(9-16)7-8-21-19(23)10-14-12-22-18-6-5-15(20)11-17(14)18/h2-6,9,11-12,22H,7-8,10H2,1H3,(H,21,23). The monoisotopic (exact) mass is 342 g/mol. The van der Waals surface area contributed by atoms with Crippen LogP contribution in [0.2, 0.25) is 5.02 Å². The Morgan fingerprint density at radius 1 is 1.25 bits per heavy atom. The summed E-state index contributed by atoms with van der Waals surface area (Å²) in [7, 11) is 1.65. The third-order valence-corrected chi connectivity index (χ3v) is 4.19. The number of amides is 1. The highest BCUT2D eigenvalue weighted by Gasteiger charge is 2.09. The van der Waals surface area contributed by atoms with Crippen molar-refractivity contribution >= 4 is 28.4 Å². The number of methoxy groups -OCH3 is 1. The van der Waals surface area contributed by atoms with E-state index >= 15 is 0 Å². The molecule has 3 rings (SSSR count). The normalized spacial score (nSPS) is 10.8. The molecule has 2 aromatic carbocycles. The van der Waals surface area contributed by atoms with Gasteiger partial charge in [-0.3, -0.25) is 4.79 Å². The van der Waals surface area contributed by atoms with Crippen LogP contribution in [-0.2, 0) is 17.6 Å². The minimum absolute atomic E-state index is 0.00114. The van der Waals surface area contributed by atoms with E-state index in [2.05, 4.69) is 10.3 Å². The number of H-pyrrole nitrogens is 1. The number of aromatic nitrogens is 1. The molecule has 24 heavy (non-hydrogen) atoms. The molecule has 2 N–H and O–H groups in total. The average molecular weight is 343 g/mol. The number of fused-ring (bicyclic) bond motifs is 1. The lowest BCUT2D eigenvalue weighted by atomic mass is 10.1. The second kappa shape index (κ2) is 7.41. The van der Waals surface area contributed by atoms with Gasteiger partial charge in [0.15, 0.2) is 0 Å². The van der Waals surface area contributed by atoms with Crippen LogP contribution in [0, 0.1) is 0 Å². The van der Waals surface area contributed by atoms with Crippen LogP contribution in [-0.4, -0.2) is 24.5 Å². The predicted molar refractivity (Wildman–Crippen MR) is 96.7 cm³/mol. The molecule has 0 bridgehead atoms. The topological polar surface area (TPSA) is 54.1 Å². The summed E-state index contributed by atoms with van der Waals surface area (Å²) in [6.07, 6.45) is 2.96. The summed E-state index contributed by atoms with van der Waals surface area (Å²) >= 11 is 6.04. The van der Waals surface area contributed by atoms with Gasteiger partial charge in [-0.05, 0) is 47.9 Å². The minimum atomic E-state index is -0.00114. The van der Waals surface area contributed by atoms with Crippen LogP contribution < -0.4 is 10.1 Å². The van der Waals surface area contributed by atoms with Crippen LogP contribution in [0.25, 0.3) is 10.9 Å². The number of halogens is 1. The third kappa shape index (κ3) is 3.89. The van der Waals surface area contributed by atoms with E-state index in [1.807, 2.05) is 48.7 Å². The second-order valence-electron chi connectivity index (χ2n) is 5.63. The Morgan fingerprint density at radius 3 is 2.96 bits per heavy atom. The Kier molecular flexibility index (Phi) is 5.06. The molecule has 0 fully saturated rings. The number of hydrogen-bond donors (Lipinski definition) is 2. The van der Waals surface area contributed by atoms with Gasteiger partial charge in [-0.25, -0.2) is 0 Å². The lowest BCUT2D eigenvalue weighted by Crippen LogP contribution is -2.27. The number of carbonyl (C=O) groups is 1. The third-order valence-electron chi connectivity index (χ3n) is 3.95. The molecule has 0 unspecified atom stereocenters. The van der Waals surface area contributed by atoms with Crippen molar-refractivity contribution in [2.24, 2.45) is 0 Å². The SMILES string of the molecule is COc1cccc(CCNC(=O)Cc2c[nH]c3ccc(Cl)cc23)c1. The Morgan fingerprint density at radius 2 is 2.12 bits per heavy atom. The van der Waals surface area contributed by atoms with Gasteiger partial charge in [-0.2, -0.15) is 0 Å². The predicted octanol–water partition coefficient (Wildman–Crippen LogP) is 3.73. The van der Waals surface area contributed by atoms with E-state index in [1.54, 1.807) is 7.11 Å². The Labute approximate surface area is 145 Å². The molecule has 0 atom stereocenters. The van der Waals surface area contributed by atoms with Gasteiger partial charge in [0.1, 0.15) is 5.75 Å². The van der Waals surface area contributed by atoms with Crippen molar-refractivity contribution in [3.05, 3.63) is 64.8 Å². The lowest BCUT2D eigenvalue weighted by molar-refractivity contribution is -0.120. The van der Waals surface area contributed by atoms with Crippen molar-refractivity contribution in [2.75, 3.05) is 13.7 Å². The van der Waals surface area contributed by atoms with Crippen LogP contribution in [0.3, 0.4) is 0 Å². The maximum Gasteiger partial charge on any atom is 0.224 e. The van der Waals surface area contributed by atoms with E-state index in [-0.39, 0.29) is 5.91 Å². The van der Waals surface area contributed by atoms with Gasteiger partial charge >= 0.3 is 0 Å². The van der Waals surface area contributed by atoms with Crippen molar-refractivity contribution in [1.29, 1.82) is 0 Å². The van der Waals surface area contributed by atoms with E-state index in [9.17, 15) is 4.79 Å². The number of nitrogens with one attached hydrogen (secondary N) is 2. The first-order valence-electron chi connectivity index (χ1n) is 7.81. The van der Waals surface area contributed by atoms with E-state index in [4.69, 9.17) is 16.3 Å². The van der Waals surface area contributed by atoms with Crippen molar-refractivity contribution in [3.8, 4) is 5.75 Å². The molecule has 3 aromatic rings. The van der Waals surface area contributed by atoms with Crippen molar-refractivity contribution in [1.82, 2.24) is 10.3 Å². The van der Waals surface area contributed by atoms with Crippen molar-refractivity contribution < 1.29 is 9.53 Å². The zero-order valence-corrected chi connectivity index (χ0v) is 14.2. The van der Waals surface area contributed by atoms with Crippen molar-refractivity contribution in [3.63, 3.8) is 0 Å². The zero-order chi connectivity index (χ0) is 16.9. The van der Waals surface area contributed by atoms with Crippen LogP contribution in [0.1, 0.15) is 11.1 Å². The van der Waals surface area contributed by atoms with Gasteiger partial charge < -0.3 is 15.0 Å². The first kappa shape index (κ1) is 16.4. The molecule has 1 heterocycles. The number of hydrogen-bond acceptors (Lipinski definition) is 2. The van der Waals surface area contributed by atoms with Gasteiger partial charge in [0.25, 0.3) is 0 Å². The Balaban J connectivity index is 1.56. The second-order valence-corrected chi connectivity index (χ2v) is 6.07. The summed E-state index contributed by atoms with van der Waals surface area (Å²) in [4.78, 5) is 15.3. The van der Waals surface area contributed by atoms with E-state index in [1.165, 1.54) is 0 Å². The molecule has 4 nitrogen and oxygen atoms in total. The summed E-state index contributed by atoms with van der Waals surface area (Å²) in [6.45, 7) is 0.592. The summed E-state index contributed by atoms with van der Waals surface area (Å²) in [5.41, 5.74) is 3.07. The van der Waals surface area contributed by atoms with Crippen LogP contribution in [0.15, 0.2) is 48.7 Å². The quantitative estimate of drug-likeness (QED) is 0.717. The first-order chi connectivity index (χ1) is 11.7. The maximum absolute atomic E-state index is 12.2. The summed E-state index contributed by atoms with van der Waals surface area (Å²) in [5, 5.41) is 4.62. The van der Waals surface area contributed by atoms with E-state index in [0.29, 0.717) is 18.0 Å². The maximum atomic E-state index is 12.2. The zero-order valence-electron chi connectivity index (χ0n) is 13.4. The highest BCUT2D eigenvalue weighted by molar-refractivity contribution is 6.31. The average Bonchev–Trinajstić information content (AvgIpc) is 2.97. The lowest BCUT2D eigenvalue weighted by Gasteiger charge is -2.06. The molecule has 0 radical (unpaired) electrons. The molecule has 1 amide bonds. The highest BCUT2D eigenvalue weighted by atomic mass is 35.5. The van der Waals surface area contributed by atoms with Crippen LogP contribution in [0.4, 0.5) is 0 Å². The smallest absolute Gasteiger partial charge is 0.224 e. The number of aromatic amines is 1. The number of rotatable bonds is 6. The molecule has 5 heteroatoms. The molecular weight excluding hydrogens is 324 g/mol. The summed E-state index contributed by atoms with van der Waals surface area (Å²) in [6, 6.07) is 13.5. The Hall–Kier alpha value is -2.46. The molecule has 0 aliphatic carbocycles. The molecule has 0 saturated heterocycles. The van der Waals surface area contributed by atoms with Gasteiger partial charge in [0.2, 0.25) is 5.91 Å². The molecule has 0 saturated carbocycles. The summed E-state index contributed by atoms with van der Waals surface area (Å²) in [5.74, 6) is 0.827. The molecule has 0 spiro atoms. The van der Waals surface area contributed by atoms with Crippen molar-refractivity contribution in [2.45, 2.75) is 12.8 Å². The number of benzene rings is 2. The Bertz CT molecular complexity index is 857. The van der Waals surface area contributed by atoms with E-state index in [0.717, 1.165) is 34.2 Å². The van der Waals surface area contributed by atoms with Gasteiger partial charge in [-0.1, -0.05) is 23.7 Å². The molecule has 0 aliphatic heterocycles. The van der Waals surface area contributed by atoms with Gasteiger partial charge in [-0.15, -0.1) is 0 Å². The largest absolute Gasteiger partial charge is 0.497 e. The van der Waals surface area contributed by atoms with Crippen LogP contribution >= 0.6 is 11.6 Å². The number of ether oxygens (including phenoxy) is 1. The fraction of sp³-hybridized carbons (Fsp3) is 0.211. The fourth-order valence-electron chi connectivity index (χ4n) is 2.71. The number of carbonyl (C=O) groups excluding carboxylic acids is 1. The first-order valence-corrected chi connectivity index (χ1v) is 8.18. The molecule has 0 aliphatic rings. The molecular formula is C19H19ClN2O2. The highest BCUT2D eigenvalue weighted by Crippen LogP contribution is 2.22. The van der Waals surface area contributed by atoms with Gasteiger partial charge in [0.05, 0.1) is 13.5 Å². The van der Waals surface area contributed by atoms with E-state index < -0.39 is 0 Å². The molecule has 1 aromatic heterocycles. The fourth-order valence-corrected chi connectivity index (χ4v) is 2.88. The van der Waals surface area contributed by atoms with Crippen LogP contribution in [0.5, 0.6) is 5.75 Å².